The van der Waals surface area contributed by atoms with Gasteiger partial charge in [-0.1, -0.05) is 12.1 Å². The minimum Gasteiger partial charge on any atom is -0.489 e. The lowest BCUT2D eigenvalue weighted by molar-refractivity contribution is 0.306. The van der Waals surface area contributed by atoms with Crippen LogP contribution in [0.2, 0.25) is 0 Å². The average Bonchev–Trinajstić information content (AvgIpc) is 2.46. The van der Waals surface area contributed by atoms with Gasteiger partial charge in [-0.2, -0.15) is 0 Å². The van der Waals surface area contributed by atoms with E-state index < -0.39 is 0 Å². The highest BCUT2D eigenvalue weighted by atomic mass is 16.5. The highest BCUT2D eigenvalue weighted by molar-refractivity contribution is 5.78. The van der Waals surface area contributed by atoms with Crippen molar-refractivity contribution in [3.05, 3.63) is 66.4 Å². The number of fused-ring (bicyclic) bond motifs is 1. The Labute approximate surface area is 111 Å². The molecule has 1 heterocycles. The summed E-state index contributed by atoms with van der Waals surface area (Å²) in [5.74, 6) is 0.820. The Hall–Kier alpha value is -2.55. The molecule has 3 heteroatoms. The summed E-state index contributed by atoms with van der Waals surface area (Å²) in [6.07, 6.45) is 1.80. The Morgan fingerprint density at radius 3 is 2.68 bits per heavy atom. The zero-order chi connectivity index (χ0) is 13.1. The molecule has 2 N–H and O–H groups in total. The van der Waals surface area contributed by atoms with Crippen molar-refractivity contribution in [1.29, 1.82) is 0 Å². The van der Waals surface area contributed by atoms with Gasteiger partial charge in [0, 0.05) is 17.3 Å². The first-order chi connectivity index (χ1) is 9.31. The zero-order valence-electron chi connectivity index (χ0n) is 10.4. The fourth-order valence-corrected chi connectivity index (χ4v) is 1.95. The standard InChI is InChI=1S/C16H14N2O/c17-14-4-6-15(7-5-14)19-11-12-3-8-16-13(10-12)2-1-9-18-16/h1-10H,11,17H2. The maximum atomic E-state index is 5.72. The molecule has 0 aliphatic heterocycles. The van der Waals surface area contributed by atoms with Crippen molar-refractivity contribution in [2.75, 3.05) is 5.73 Å². The van der Waals surface area contributed by atoms with E-state index in [1.807, 2.05) is 42.5 Å². The van der Waals surface area contributed by atoms with E-state index in [4.69, 9.17) is 10.5 Å². The van der Waals surface area contributed by atoms with Crippen molar-refractivity contribution in [3.63, 3.8) is 0 Å². The van der Waals surface area contributed by atoms with Gasteiger partial charge in [-0.3, -0.25) is 4.98 Å². The smallest absolute Gasteiger partial charge is 0.119 e. The van der Waals surface area contributed by atoms with Crippen LogP contribution in [0.15, 0.2) is 60.8 Å². The van der Waals surface area contributed by atoms with Gasteiger partial charge in [0.25, 0.3) is 0 Å². The molecule has 0 aliphatic rings. The minimum absolute atomic E-state index is 0.536. The molecule has 3 aromatic rings. The van der Waals surface area contributed by atoms with Gasteiger partial charge in [0.2, 0.25) is 0 Å². The number of rotatable bonds is 3. The second-order valence-electron chi connectivity index (χ2n) is 4.39. The number of pyridine rings is 1. The summed E-state index contributed by atoms with van der Waals surface area (Å²) in [5, 5.41) is 1.13. The third-order valence-corrected chi connectivity index (χ3v) is 2.95. The molecule has 3 nitrogen and oxygen atoms in total. The van der Waals surface area contributed by atoms with Gasteiger partial charge in [0.1, 0.15) is 12.4 Å². The molecule has 0 amide bonds. The normalized spacial score (nSPS) is 10.5. The lowest BCUT2D eigenvalue weighted by Crippen LogP contribution is -1.95. The molecule has 2 aromatic carbocycles. The van der Waals surface area contributed by atoms with Gasteiger partial charge in [-0.05, 0) is 48.0 Å². The number of aromatic nitrogens is 1. The van der Waals surface area contributed by atoms with Gasteiger partial charge in [-0.25, -0.2) is 0 Å². The third kappa shape index (κ3) is 2.65. The molecule has 1 aromatic heterocycles. The highest BCUT2D eigenvalue weighted by Gasteiger charge is 1.99. The van der Waals surface area contributed by atoms with E-state index >= 15 is 0 Å². The predicted molar refractivity (Wildman–Crippen MR) is 76.9 cm³/mol. The number of benzene rings is 2. The maximum absolute atomic E-state index is 5.72. The van der Waals surface area contributed by atoms with E-state index in [2.05, 4.69) is 17.1 Å². The fourth-order valence-electron chi connectivity index (χ4n) is 1.95. The lowest BCUT2D eigenvalue weighted by Gasteiger charge is -2.07. The first kappa shape index (κ1) is 11.5. The number of hydrogen-bond donors (Lipinski definition) is 1. The lowest BCUT2D eigenvalue weighted by atomic mass is 10.1. The molecule has 0 unspecified atom stereocenters. The van der Waals surface area contributed by atoms with Crippen LogP contribution in [0, 0.1) is 0 Å². The van der Waals surface area contributed by atoms with Gasteiger partial charge in [0.05, 0.1) is 5.52 Å². The first-order valence-electron chi connectivity index (χ1n) is 6.13. The third-order valence-electron chi connectivity index (χ3n) is 2.95. The van der Waals surface area contributed by atoms with Gasteiger partial charge < -0.3 is 10.5 Å². The predicted octanol–water partition coefficient (Wildman–Crippen LogP) is 3.40. The Balaban J connectivity index is 1.76. The molecule has 0 spiro atoms. The fraction of sp³-hybridized carbons (Fsp3) is 0.0625. The minimum atomic E-state index is 0.536. The van der Waals surface area contributed by atoms with E-state index in [1.54, 1.807) is 6.20 Å². The summed E-state index contributed by atoms with van der Waals surface area (Å²) >= 11 is 0. The molecular formula is C16H14N2O. The number of anilines is 1. The summed E-state index contributed by atoms with van der Waals surface area (Å²) in [5.41, 5.74) is 8.49. The van der Waals surface area contributed by atoms with E-state index in [0.29, 0.717) is 6.61 Å². The Bertz CT molecular complexity index is 692. The monoisotopic (exact) mass is 250 g/mol. The van der Waals surface area contributed by atoms with Crippen LogP contribution in [0.4, 0.5) is 5.69 Å². The quantitative estimate of drug-likeness (QED) is 0.725. The van der Waals surface area contributed by atoms with Crippen LogP contribution in [-0.4, -0.2) is 4.98 Å². The van der Waals surface area contributed by atoms with Crippen molar-refractivity contribution < 1.29 is 4.74 Å². The molecular weight excluding hydrogens is 236 g/mol. The summed E-state index contributed by atoms with van der Waals surface area (Å²) in [6, 6.07) is 17.5. The average molecular weight is 250 g/mol. The van der Waals surface area contributed by atoms with Crippen LogP contribution in [-0.2, 0) is 6.61 Å². The highest BCUT2D eigenvalue weighted by Crippen LogP contribution is 2.17. The second kappa shape index (κ2) is 4.98. The summed E-state index contributed by atoms with van der Waals surface area (Å²) in [4.78, 5) is 4.30. The number of nitrogens with two attached hydrogens (primary N) is 1. The van der Waals surface area contributed by atoms with Crippen LogP contribution in [0.3, 0.4) is 0 Å². The topological polar surface area (TPSA) is 48.1 Å². The Morgan fingerprint density at radius 1 is 1.00 bits per heavy atom. The van der Waals surface area contributed by atoms with E-state index in [-0.39, 0.29) is 0 Å². The molecule has 0 fully saturated rings. The maximum Gasteiger partial charge on any atom is 0.119 e. The molecule has 3 rings (SSSR count). The van der Waals surface area contributed by atoms with Gasteiger partial charge in [-0.15, -0.1) is 0 Å². The summed E-state index contributed by atoms with van der Waals surface area (Å²) in [6.45, 7) is 0.536. The van der Waals surface area contributed by atoms with Crippen LogP contribution in [0.1, 0.15) is 5.56 Å². The second-order valence-corrected chi connectivity index (χ2v) is 4.39. The zero-order valence-corrected chi connectivity index (χ0v) is 10.4. The van der Waals surface area contributed by atoms with Gasteiger partial charge >= 0.3 is 0 Å². The number of hydrogen-bond acceptors (Lipinski definition) is 3. The molecule has 0 atom stereocenters. The Morgan fingerprint density at radius 2 is 1.84 bits per heavy atom. The molecule has 0 saturated heterocycles. The largest absolute Gasteiger partial charge is 0.489 e. The number of nitrogen functional groups attached to an aromatic ring is 1. The van der Waals surface area contributed by atoms with E-state index in [1.165, 1.54) is 0 Å². The molecule has 19 heavy (non-hydrogen) atoms. The summed E-state index contributed by atoms with van der Waals surface area (Å²) in [7, 11) is 0. The van der Waals surface area contributed by atoms with Crippen LogP contribution < -0.4 is 10.5 Å². The van der Waals surface area contributed by atoms with Crippen molar-refractivity contribution in [2.24, 2.45) is 0 Å². The van der Waals surface area contributed by atoms with Crippen molar-refractivity contribution in [2.45, 2.75) is 6.61 Å². The Kier molecular flexibility index (Phi) is 3.02. The molecule has 0 aliphatic carbocycles. The van der Waals surface area contributed by atoms with Crippen molar-refractivity contribution in [3.8, 4) is 5.75 Å². The van der Waals surface area contributed by atoms with Crippen LogP contribution in [0.5, 0.6) is 5.75 Å². The molecule has 0 radical (unpaired) electrons. The number of ether oxygens (including phenoxy) is 1. The van der Waals surface area contributed by atoms with Crippen LogP contribution in [0.25, 0.3) is 10.9 Å². The van der Waals surface area contributed by atoms with E-state index in [9.17, 15) is 0 Å². The number of nitrogens with zero attached hydrogens (tertiary/aromatic N) is 1. The van der Waals surface area contributed by atoms with Gasteiger partial charge in [0.15, 0.2) is 0 Å². The van der Waals surface area contributed by atoms with Crippen molar-refractivity contribution >= 4 is 16.6 Å². The first-order valence-corrected chi connectivity index (χ1v) is 6.13. The molecule has 0 saturated carbocycles. The van der Waals surface area contributed by atoms with Crippen LogP contribution >= 0.6 is 0 Å². The SMILES string of the molecule is Nc1ccc(OCc2ccc3ncccc3c2)cc1. The van der Waals surface area contributed by atoms with E-state index in [0.717, 1.165) is 27.9 Å². The molecule has 94 valence electrons. The molecule has 0 bridgehead atoms. The summed E-state index contributed by atoms with van der Waals surface area (Å²) < 4.78 is 5.72. The van der Waals surface area contributed by atoms with Crippen molar-refractivity contribution in [1.82, 2.24) is 4.98 Å².